The maximum atomic E-state index is 14.1. The van der Waals surface area contributed by atoms with E-state index >= 15 is 0 Å². The van der Waals surface area contributed by atoms with Crippen LogP contribution in [0.2, 0.25) is 0 Å². The third kappa shape index (κ3) is 7.52. The van der Waals surface area contributed by atoms with Gasteiger partial charge in [0.15, 0.2) is 0 Å². The maximum Gasteiger partial charge on any atom is 0.264 e. The first-order chi connectivity index (χ1) is 18.8. The molecule has 0 aromatic heterocycles. The minimum Gasteiger partial charge on any atom is -0.352 e. The van der Waals surface area contributed by atoms with Gasteiger partial charge in [-0.05, 0) is 88.1 Å². The molecule has 3 aromatic carbocycles. The van der Waals surface area contributed by atoms with Gasteiger partial charge in [-0.1, -0.05) is 64.8 Å². The molecule has 0 aliphatic carbocycles. The molecule has 3 aromatic rings. The molecule has 0 heterocycles. The van der Waals surface area contributed by atoms with E-state index in [2.05, 4.69) is 21.2 Å². The van der Waals surface area contributed by atoms with Crippen molar-refractivity contribution in [2.75, 3.05) is 10.8 Å². The van der Waals surface area contributed by atoms with Gasteiger partial charge in [0.1, 0.15) is 12.6 Å². The van der Waals surface area contributed by atoms with Crippen LogP contribution in [-0.4, -0.2) is 43.8 Å². The fraction of sp³-hybridized carbons (Fsp3) is 0.355. The molecule has 0 aliphatic rings. The van der Waals surface area contributed by atoms with Crippen molar-refractivity contribution in [3.63, 3.8) is 0 Å². The summed E-state index contributed by atoms with van der Waals surface area (Å²) in [5.74, 6) is -0.772. The van der Waals surface area contributed by atoms with Crippen molar-refractivity contribution in [3.05, 3.63) is 93.5 Å². The Morgan fingerprint density at radius 1 is 0.925 bits per heavy atom. The molecule has 0 saturated heterocycles. The van der Waals surface area contributed by atoms with Crippen molar-refractivity contribution in [2.45, 2.75) is 71.5 Å². The summed E-state index contributed by atoms with van der Waals surface area (Å²) < 4.78 is 30.1. The molecule has 0 spiro atoms. The molecule has 9 heteroatoms. The number of sulfonamides is 1. The maximum absolute atomic E-state index is 14.1. The Hall–Kier alpha value is -3.17. The summed E-state index contributed by atoms with van der Waals surface area (Å²) in [6.07, 6.45) is 0.744. The van der Waals surface area contributed by atoms with E-state index in [0.29, 0.717) is 5.69 Å². The molecule has 0 bridgehead atoms. The smallest absolute Gasteiger partial charge is 0.264 e. The summed E-state index contributed by atoms with van der Waals surface area (Å²) in [4.78, 5) is 28.8. The Labute approximate surface area is 246 Å². The van der Waals surface area contributed by atoms with Crippen molar-refractivity contribution in [1.82, 2.24) is 10.2 Å². The highest BCUT2D eigenvalue weighted by atomic mass is 79.9. The number of nitrogens with zero attached hydrogens (tertiary/aromatic N) is 2. The number of amides is 2. The number of carbonyl (C=O) groups excluding carboxylic acids is 2. The van der Waals surface area contributed by atoms with E-state index in [1.807, 2.05) is 65.0 Å². The van der Waals surface area contributed by atoms with Crippen LogP contribution in [0.4, 0.5) is 5.69 Å². The highest BCUT2D eigenvalue weighted by Gasteiger charge is 2.33. The van der Waals surface area contributed by atoms with Crippen LogP contribution >= 0.6 is 15.9 Å². The van der Waals surface area contributed by atoms with Gasteiger partial charge in [0.2, 0.25) is 11.8 Å². The van der Waals surface area contributed by atoms with Crippen LogP contribution in [-0.2, 0) is 26.2 Å². The average Bonchev–Trinajstić information content (AvgIpc) is 2.92. The van der Waals surface area contributed by atoms with Gasteiger partial charge in [0.25, 0.3) is 10.0 Å². The summed E-state index contributed by atoms with van der Waals surface area (Å²) in [7, 11) is -4.11. The van der Waals surface area contributed by atoms with Crippen LogP contribution in [0.5, 0.6) is 0 Å². The van der Waals surface area contributed by atoms with Crippen LogP contribution in [0.25, 0.3) is 0 Å². The Morgan fingerprint density at radius 3 is 2.15 bits per heavy atom. The van der Waals surface area contributed by atoms with Crippen LogP contribution < -0.4 is 9.62 Å². The summed E-state index contributed by atoms with van der Waals surface area (Å²) in [6.45, 7) is 10.9. The summed E-state index contributed by atoms with van der Waals surface area (Å²) in [5, 5.41) is 2.95. The van der Waals surface area contributed by atoms with E-state index < -0.39 is 28.5 Å². The van der Waals surface area contributed by atoms with E-state index in [1.54, 1.807) is 43.3 Å². The second kappa shape index (κ2) is 13.5. The lowest BCUT2D eigenvalue weighted by Crippen LogP contribution is -2.52. The predicted octanol–water partition coefficient (Wildman–Crippen LogP) is 5.90. The molecule has 0 aliphatic heterocycles. The van der Waals surface area contributed by atoms with Gasteiger partial charge in [-0.2, -0.15) is 0 Å². The number of benzene rings is 3. The number of halogens is 1. The molecule has 2 atom stereocenters. The van der Waals surface area contributed by atoms with Crippen LogP contribution in [0, 0.1) is 20.8 Å². The van der Waals surface area contributed by atoms with E-state index in [-0.39, 0.29) is 23.4 Å². The fourth-order valence-corrected chi connectivity index (χ4v) is 5.93. The molecule has 2 amide bonds. The lowest BCUT2D eigenvalue weighted by atomic mass is 10.1. The molecular formula is C31H38BrN3O4S. The molecule has 1 N–H and O–H groups in total. The van der Waals surface area contributed by atoms with Crippen molar-refractivity contribution < 1.29 is 18.0 Å². The lowest BCUT2D eigenvalue weighted by molar-refractivity contribution is -0.139. The molecule has 3 rings (SSSR count). The molecule has 40 heavy (non-hydrogen) atoms. The van der Waals surface area contributed by atoms with Crippen molar-refractivity contribution in [1.29, 1.82) is 0 Å². The first kappa shape index (κ1) is 31.4. The Balaban J connectivity index is 2.06. The Kier molecular flexibility index (Phi) is 10.6. The zero-order chi connectivity index (χ0) is 29.6. The van der Waals surface area contributed by atoms with E-state index in [9.17, 15) is 18.0 Å². The molecular weight excluding hydrogens is 590 g/mol. The fourth-order valence-electron chi connectivity index (χ4n) is 4.19. The number of anilines is 1. The van der Waals surface area contributed by atoms with E-state index in [4.69, 9.17) is 0 Å². The molecule has 0 fully saturated rings. The number of rotatable bonds is 11. The largest absolute Gasteiger partial charge is 0.352 e. The predicted molar refractivity (Wildman–Crippen MR) is 164 cm³/mol. The van der Waals surface area contributed by atoms with E-state index in [0.717, 1.165) is 37.5 Å². The van der Waals surface area contributed by atoms with Gasteiger partial charge in [0, 0.05) is 17.1 Å². The summed E-state index contributed by atoms with van der Waals surface area (Å²) >= 11 is 3.43. The molecule has 7 nitrogen and oxygen atoms in total. The van der Waals surface area contributed by atoms with Gasteiger partial charge in [-0.25, -0.2) is 8.42 Å². The SMILES string of the molecule is CC[C@@H](C)NC(=O)[C@H](C)N(Cc1ccc(Br)cc1)C(=O)CN(c1cccc(C)c1C)S(=O)(=O)c1ccc(C)cc1. The zero-order valence-electron chi connectivity index (χ0n) is 23.9. The normalized spacial score (nSPS) is 12.9. The Morgan fingerprint density at radius 2 is 1.55 bits per heavy atom. The number of nitrogens with one attached hydrogen (secondary N) is 1. The van der Waals surface area contributed by atoms with Crippen LogP contribution in [0.1, 0.15) is 49.4 Å². The van der Waals surface area contributed by atoms with Crippen molar-refractivity contribution in [3.8, 4) is 0 Å². The van der Waals surface area contributed by atoms with Gasteiger partial charge in [-0.3, -0.25) is 13.9 Å². The second-order valence-corrected chi connectivity index (χ2v) is 13.0. The topological polar surface area (TPSA) is 86.8 Å². The van der Waals surface area contributed by atoms with Crippen LogP contribution in [0.15, 0.2) is 76.1 Å². The molecule has 0 radical (unpaired) electrons. The van der Waals surface area contributed by atoms with Gasteiger partial charge in [0.05, 0.1) is 10.6 Å². The van der Waals surface area contributed by atoms with Gasteiger partial charge in [-0.15, -0.1) is 0 Å². The first-order valence-corrected chi connectivity index (χ1v) is 15.6. The standard InChI is InChI=1S/C31H38BrN3O4S/c1-7-23(4)33-31(37)25(6)34(19-26-13-15-27(32)16-14-26)30(36)20-35(29-10-8-9-22(3)24(29)5)40(38,39)28-17-11-21(2)12-18-28/h8-18,23,25H,7,19-20H2,1-6H3,(H,33,37)/t23-,25+/m1/s1. The van der Waals surface area contributed by atoms with Crippen molar-refractivity contribution >= 4 is 43.5 Å². The number of hydrogen-bond acceptors (Lipinski definition) is 4. The molecule has 0 unspecified atom stereocenters. The molecule has 0 saturated carbocycles. The quantitative estimate of drug-likeness (QED) is 0.287. The average molecular weight is 629 g/mol. The minimum absolute atomic E-state index is 0.0621. The highest BCUT2D eigenvalue weighted by Crippen LogP contribution is 2.29. The second-order valence-electron chi connectivity index (χ2n) is 10.2. The Bertz CT molecular complexity index is 1440. The third-order valence-corrected chi connectivity index (χ3v) is 9.47. The highest BCUT2D eigenvalue weighted by molar-refractivity contribution is 9.10. The summed E-state index contributed by atoms with van der Waals surface area (Å²) in [5.41, 5.74) is 3.83. The third-order valence-electron chi connectivity index (χ3n) is 7.17. The molecule has 214 valence electrons. The van der Waals surface area contributed by atoms with Crippen LogP contribution in [0.3, 0.4) is 0 Å². The zero-order valence-corrected chi connectivity index (χ0v) is 26.3. The summed E-state index contributed by atoms with van der Waals surface area (Å²) in [6, 6.07) is 18.5. The first-order valence-electron chi connectivity index (χ1n) is 13.3. The number of hydrogen-bond donors (Lipinski definition) is 1. The number of aryl methyl sites for hydroxylation is 2. The van der Waals surface area contributed by atoms with Crippen molar-refractivity contribution in [2.24, 2.45) is 0 Å². The van der Waals surface area contributed by atoms with Gasteiger partial charge >= 0.3 is 0 Å². The van der Waals surface area contributed by atoms with E-state index in [1.165, 1.54) is 4.90 Å². The van der Waals surface area contributed by atoms with Gasteiger partial charge < -0.3 is 10.2 Å². The lowest BCUT2D eigenvalue weighted by Gasteiger charge is -2.33. The number of carbonyl (C=O) groups is 2. The minimum atomic E-state index is -4.11. The monoisotopic (exact) mass is 627 g/mol.